The maximum Gasteiger partial charge on any atom is 0.329 e. The van der Waals surface area contributed by atoms with E-state index in [4.69, 9.17) is 4.98 Å². The van der Waals surface area contributed by atoms with Crippen molar-refractivity contribution in [2.75, 3.05) is 57.8 Å². The Morgan fingerprint density at radius 1 is 0.932 bits per heavy atom. The van der Waals surface area contributed by atoms with Gasteiger partial charge >= 0.3 is 5.69 Å². The van der Waals surface area contributed by atoms with Crippen LogP contribution in [0.4, 0.5) is 14.6 Å². The number of rotatable bonds is 14. The van der Waals surface area contributed by atoms with Gasteiger partial charge in [0.05, 0.1) is 23.3 Å². The van der Waals surface area contributed by atoms with Crippen LogP contribution in [0.5, 0.6) is 0 Å². The molecule has 14 nitrogen and oxygen atoms in total. The molecule has 6 heterocycles. The molecule has 2 aromatic carbocycles. The van der Waals surface area contributed by atoms with Gasteiger partial charge in [0.15, 0.2) is 5.65 Å². The first kappa shape index (κ1) is 40.3. The zero-order chi connectivity index (χ0) is 41.2. The van der Waals surface area contributed by atoms with Crippen molar-refractivity contribution < 1.29 is 23.2 Å². The summed E-state index contributed by atoms with van der Waals surface area (Å²) in [5.41, 5.74) is 3.59. The van der Waals surface area contributed by atoms with Crippen molar-refractivity contribution in [2.45, 2.75) is 75.8 Å². The van der Waals surface area contributed by atoms with Gasteiger partial charge < -0.3 is 20.0 Å². The van der Waals surface area contributed by atoms with Crippen LogP contribution in [-0.4, -0.2) is 104 Å². The number of anilines is 1. The molecule has 16 heteroatoms. The summed E-state index contributed by atoms with van der Waals surface area (Å²) in [7, 11) is 3.89. The monoisotopic (exact) mass is 810 g/mol. The van der Waals surface area contributed by atoms with Crippen LogP contribution >= 0.6 is 0 Å². The Morgan fingerprint density at radius 2 is 1.76 bits per heavy atom. The summed E-state index contributed by atoms with van der Waals surface area (Å²) in [5.74, 6) is -0.894. The number of nitrogens with zero attached hydrogens (tertiary/aromatic N) is 8. The number of likely N-dealkylation sites (tertiary alicyclic amines) is 1. The third-order valence-electron chi connectivity index (χ3n) is 12.5. The number of imidazole rings is 1. The molecule has 0 saturated carbocycles. The van der Waals surface area contributed by atoms with E-state index in [-0.39, 0.29) is 30.0 Å². The summed E-state index contributed by atoms with van der Waals surface area (Å²) >= 11 is 0. The van der Waals surface area contributed by atoms with Gasteiger partial charge in [-0.1, -0.05) is 12.5 Å². The zero-order valence-electron chi connectivity index (χ0n) is 33.7. The SMILES string of the molecule is CN(CCCCCNC(=O)c1cnn2ccc(N3CCCC3c3cc(F)ccc3F)nc12)CCN1CCC(c2ccc3c(c2)n(C)c(=O)n3C2CCC(=O)NC2=O)CC1. The summed E-state index contributed by atoms with van der Waals surface area (Å²) in [5, 5.41) is 9.71. The molecule has 3 aliphatic heterocycles. The number of carbonyl (C=O) groups is 3. The summed E-state index contributed by atoms with van der Waals surface area (Å²) in [6.45, 7) is 6.13. The standard InChI is InChI=1S/C43H52F2N10O4/c1-50(23-24-52-20-14-28(15-21-52)29-8-11-35-37(25-29)51(2)43(59)55(35)36-12-13-39(56)49-42(36)58)18-5-3-4-17-46-41(57)32-27-47-54-22-16-38(48-40(32)54)53-19-6-7-34(53)31-26-30(44)9-10-33(31)45/h8-11,16,22,25-28,34,36H,3-7,12-15,17-21,23-24H2,1-2H3,(H,46,57)(H,49,56,58). The summed E-state index contributed by atoms with van der Waals surface area (Å²) in [4.78, 5) is 62.2. The average molecular weight is 811 g/mol. The average Bonchev–Trinajstić information content (AvgIpc) is 3.96. The maximum atomic E-state index is 14.7. The highest BCUT2D eigenvalue weighted by atomic mass is 19.1. The lowest BCUT2D eigenvalue weighted by atomic mass is 9.89. The number of likely N-dealkylation sites (N-methyl/N-ethyl adjacent to an activating group) is 1. The molecule has 8 rings (SSSR count). The predicted octanol–water partition coefficient (Wildman–Crippen LogP) is 4.69. The van der Waals surface area contributed by atoms with E-state index in [1.54, 1.807) is 28.4 Å². The minimum Gasteiger partial charge on any atom is -0.352 e. The largest absolute Gasteiger partial charge is 0.352 e. The second-order valence-corrected chi connectivity index (χ2v) is 16.3. The third-order valence-corrected chi connectivity index (χ3v) is 12.5. The van der Waals surface area contributed by atoms with E-state index in [2.05, 4.69) is 44.7 Å². The van der Waals surface area contributed by atoms with Gasteiger partial charge in [0, 0.05) is 51.4 Å². The minimum absolute atomic E-state index is 0.218. The number of imide groups is 1. The van der Waals surface area contributed by atoms with Crippen LogP contribution in [0.15, 0.2) is 59.7 Å². The molecule has 3 amide bonds. The van der Waals surface area contributed by atoms with E-state index in [0.717, 1.165) is 88.9 Å². The number of hydrogen-bond acceptors (Lipinski definition) is 9. The molecule has 3 aromatic heterocycles. The van der Waals surface area contributed by atoms with Crippen LogP contribution < -0.4 is 21.2 Å². The van der Waals surface area contributed by atoms with E-state index in [1.165, 1.54) is 22.4 Å². The molecule has 312 valence electrons. The lowest BCUT2D eigenvalue weighted by Crippen LogP contribution is -2.44. The molecule has 5 aromatic rings. The van der Waals surface area contributed by atoms with E-state index in [0.29, 0.717) is 60.0 Å². The Bertz CT molecular complexity index is 2420. The summed E-state index contributed by atoms with van der Waals surface area (Å²) in [6, 6.07) is 10.4. The number of hydrogen-bond donors (Lipinski definition) is 2. The molecule has 3 aliphatic rings. The van der Waals surface area contributed by atoms with Crippen molar-refractivity contribution in [3.05, 3.63) is 93.7 Å². The van der Waals surface area contributed by atoms with Crippen molar-refractivity contribution in [3.8, 4) is 0 Å². The number of benzene rings is 2. The normalized spacial score (nSPS) is 19.4. The highest BCUT2D eigenvalue weighted by Gasteiger charge is 2.33. The number of amides is 3. The first-order valence-electron chi connectivity index (χ1n) is 20.9. The van der Waals surface area contributed by atoms with E-state index >= 15 is 0 Å². The smallest absolute Gasteiger partial charge is 0.329 e. The van der Waals surface area contributed by atoms with Gasteiger partial charge in [-0.3, -0.25) is 28.8 Å². The number of nitrogens with one attached hydrogen (secondary N) is 2. The fraction of sp³-hybridized carbons (Fsp3) is 0.488. The maximum absolute atomic E-state index is 14.7. The third kappa shape index (κ3) is 8.51. The zero-order valence-corrected chi connectivity index (χ0v) is 33.7. The van der Waals surface area contributed by atoms with Gasteiger partial charge in [0.25, 0.3) is 5.91 Å². The molecular formula is C43H52F2N10O4. The number of aromatic nitrogens is 5. The van der Waals surface area contributed by atoms with Gasteiger partial charge in [-0.25, -0.2) is 23.1 Å². The van der Waals surface area contributed by atoms with E-state index in [1.807, 2.05) is 11.0 Å². The lowest BCUT2D eigenvalue weighted by Gasteiger charge is -2.33. The van der Waals surface area contributed by atoms with Crippen LogP contribution in [0.2, 0.25) is 0 Å². The van der Waals surface area contributed by atoms with E-state index < -0.39 is 23.6 Å². The molecule has 2 N–H and O–H groups in total. The second kappa shape index (κ2) is 17.4. The Hall–Kier alpha value is -5.48. The van der Waals surface area contributed by atoms with Gasteiger partial charge in [0.1, 0.15) is 29.1 Å². The lowest BCUT2D eigenvalue weighted by molar-refractivity contribution is -0.135. The molecule has 2 unspecified atom stereocenters. The molecule has 3 saturated heterocycles. The van der Waals surface area contributed by atoms with Crippen LogP contribution in [0, 0.1) is 11.6 Å². The molecule has 3 fully saturated rings. The van der Waals surface area contributed by atoms with E-state index in [9.17, 15) is 28.0 Å². The van der Waals surface area contributed by atoms with Crippen molar-refractivity contribution >= 4 is 40.2 Å². The molecule has 0 bridgehead atoms. The number of fused-ring (bicyclic) bond motifs is 2. The highest BCUT2D eigenvalue weighted by Crippen LogP contribution is 2.37. The first-order chi connectivity index (χ1) is 28.5. The van der Waals surface area contributed by atoms with Crippen LogP contribution in [-0.2, 0) is 16.6 Å². The fourth-order valence-corrected chi connectivity index (χ4v) is 9.07. The number of aryl methyl sites for hydroxylation is 1. The van der Waals surface area contributed by atoms with Gasteiger partial charge in [-0.2, -0.15) is 5.10 Å². The Kier molecular flexibility index (Phi) is 11.9. The molecule has 0 aliphatic carbocycles. The van der Waals surface area contributed by atoms with Gasteiger partial charge in [-0.05, 0) is 120 Å². The fourth-order valence-electron chi connectivity index (χ4n) is 9.07. The molecule has 2 atom stereocenters. The van der Waals surface area contributed by atoms with Gasteiger partial charge in [-0.15, -0.1) is 0 Å². The summed E-state index contributed by atoms with van der Waals surface area (Å²) < 4.78 is 33.4. The van der Waals surface area contributed by atoms with Crippen molar-refractivity contribution in [2.24, 2.45) is 7.05 Å². The summed E-state index contributed by atoms with van der Waals surface area (Å²) in [6.07, 6.45) is 10.2. The van der Waals surface area contributed by atoms with Gasteiger partial charge in [0.2, 0.25) is 11.8 Å². The predicted molar refractivity (Wildman–Crippen MR) is 219 cm³/mol. The quantitative estimate of drug-likeness (QED) is 0.121. The molecular weight excluding hydrogens is 759 g/mol. The molecule has 0 spiro atoms. The molecule has 0 radical (unpaired) electrons. The van der Waals surface area contributed by atoms with Crippen molar-refractivity contribution in [1.82, 2.24) is 44.2 Å². The second-order valence-electron chi connectivity index (χ2n) is 16.3. The van der Waals surface area contributed by atoms with Crippen molar-refractivity contribution in [1.29, 1.82) is 0 Å². The molecule has 59 heavy (non-hydrogen) atoms. The van der Waals surface area contributed by atoms with Crippen molar-refractivity contribution in [3.63, 3.8) is 0 Å². The first-order valence-corrected chi connectivity index (χ1v) is 20.9. The van der Waals surface area contributed by atoms with Crippen LogP contribution in [0.3, 0.4) is 0 Å². The Labute approximate surface area is 341 Å². The van der Waals surface area contributed by atoms with Crippen LogP contribution in [0.25, 0.3) is 16.7 Å². The number of carbonyl (C=O) groups excluding carboxylic acids is 3. The highest BCUT2D eigenvalue weighted by molar-refractivity contribution is 6.00. The minimum atomic E-state index is -0.685. The van der Waals surface area contributed by atoms with Crippen LogP contribution in [0.1, 0.15) is 97.3 Å². The number of unbranched alkanes of at least 4 members (excludes halogenated alkanes) is 2. The topological polar surface area (TPSA) is 142 Å². The number of halogens is 2. The Balaban J connectivity index is 0.751. The Morgan fingerprint density at radius 3 is 2.58 bits per heavy atom. The number of piperidine rings is 2.